The van der Waals surface area contributed by atoms with E-state index in [1.807, 2.05) is 30.3 Å². The molecule has 2 aromatic carbocycles. The van der Waals surface area contributed by atoms with Gasteiger partial charge in [-0.1, -0.05) is 57.2 Å². The fourth-order valence-corrected chi connectivity index (χ4v) is 3.33. The first kappa shape index (κ1) is 19.2. The van der Waals surface area contributed by atoms with E-state index in [0.29, 0.717) is 18.7 Å². The number of rotatable bonds is 3. The van der Waals surface area contributed by atoms with Gasteiger partial charge in [0.25, 0.3) is 5.91 Å². The van der Waals surface area contributed by atoms with Crippen LogP contribution in [-0.2, 0) is 27.9 Å². The highest BCUT2D eigenvalue weighted by Gasteiger charge is 2.27. The molecule has 2 aromatic rings. The average Bonchev–Trinajstić information content (AvgIpc) is 2.66. The smallest absolute Gasteiger partial charge is 0.338 e. The molecular formula is C23H27NO3. The number of carbonyl (C=O) groups is 2. The van der Waals surface area contributed by atoms with Crippen LogP contribution >= 0.6 is 0 Å². The van der Waals surface area contributed by atoms with E-state index < -0.39 is 12.1 Å². The monoisotopic (exact) mass is 365 g/mol. The number of hydrogen-bond donors (Lipinski definition) is 0. The summed E-state index contributed by atoms with van der Waals surface area (Å²) in [5, 5.41) is 0. The van der Waals surface area contributed by atoms with Crippen molar-refractivity contribution in [2.45, 2.75) is 52.2 Å². The molecule has 4 heteroatoms. The number of amides is 1. The summed E-state index contributed by atoms with van der Waals surface area (Å²) in [6, 6.07) is 15.5. The molecule has 142 valence electrons. The Labute approximate surface area is 161 Å². The Bertz CT molecular complexity index is 833. The van der Waals surface area contributed by atoms with Gasteiger partial charge in [-0.3, -0.25) is 4.79 Å². The van der Waals surface area contributed by atoms with E-state index in [4.69, 9.17) is 4.74 Å². The van der Waals surface area contributed by atoms with Crippen molar-refractivity contribution in [1.29, 1.82) is 0 Å². The van der Waals surface area contributed by atoms with Gasteiger partial charge in [0.05, 0.1) is 5.56 Å². The number of nitrogens with zero attached hydrogens (tertiary/aromatic N) is 1. The lowest BCUT2D eigenvalue weighted by Crippen LogP contribution is -2.42. The molecule has 3 rings (SSSR count). The number of fused-ring (bicyclic) bond motifs is 1. The maximum absolute atomic E-state index is 12.7. The van der Waals surface area contributed by atoms with Crippen LogP contribution in [-0.4, -0.2) is 29.4 Å². The van der Waals surface area contributed by atoms with Gasteiger partial charge in [0.15, 0.2) is 6.10 Å². The second-order valence-electron chi connectivity index (χ2n) is 8.15. The Morgan fingerprint density at radius 3 is 2.26 bits per heavy atom. The van der Waals surface area contributed by atoms with Crippen molar-refractivity contribution in [2.75, 3.05) is 6.54 Å². The SMILES string of the molecule is C[C@H](OC(=O)c1ccc(C(C)(C)C)cc1)C(=O)N1CCc2ccccc2C1. The predicted molar refractivity (Wildman–Crippen MR) is 106 cm³/mol. The van der Waals surface area contributed by atoms with Crippen molar-refractivity contribution >= 4 is 11.9 Å². The molecule has 0 aromatic heterocycles. The fourth-order valence-electron chi connectivity index (χ4n) is 3.33. The molecule has 0 fully saturated rings. The van der Waals surface area contributed by atoms with Crippen molar-refractivity contribution in [3.05, 3.63) is 70.8 Å². The first-order valence-corrected chi connectivity index (χ1v) is 9.43. The lowest BCUT2D eigenvalue weighted by Gasteiger charge is -2.30. The minimum atomic E-state index is -0.801. The van der Waals surface area contributed by atoms with Crippen LogP contribution in [0.25, 0.3) is 0 Å². The van der Waals surface area contributed by atoms with Crippen LogP contribution in [0.2, 0.25) is 0 Å². The molecule has 0 aliphatic carbocycles. The zero-order chi connectivity index (χ0) is 19.6. The quantitative estimate of drug-likeness (QED) is 0.769. The standard InChI is InChI=1S/C23H27NO3/c1-16(21(25)24-14-13-17-7-5-6-8-19(17)15-24)27-22(26)18-9-11-20(12-10-18)23(2,3)4/h5-12,16H,13-15H2,1-4H3/t16-/m0/s1. The molecule has 0 radical (unpaired) electrons. The van der Waals surface area contributed by atoms with Crippen LogP contribution in [0.4, 0.5) is 0 Å². The fraction of sp³-hybridized carbons (Fsp3) is 0.391. The average molecular weight is 365 g/mol. The molecule has 1 atom stereocenters. The topological polar surface area (TPSA) is 46.6 Å². The third kappa shape index (κ3) is 4.38. The molecule has 0 N–H and O–H groups in total. The molecule has 1 heterocycles. The van der Waals surface area contributed by atoms with Crippen molar-refractivity contribution in [3.8, 4) is 0 Å². The molecule has 0 spiro atoms. The molecule has 4 nitrogen and oxygen atoms in total. The number of hydrogen-bond acceptors (Lipinski definition) is 3. The van der Waals surface area contributed by atoms with Crippen molar-refractivity contribution in [3.63, 3.8) is 0 Å². The second kappa shape index (κ2) is 7.55. The van der Waals surface area contributed by atoms with E-state index in [9.17, 15) is 9.59 Å². The van der Waals surface area contributed by atoms with E-state index in [0.717, 1.165) is 17.5 Å². The first-order valence-electron chi connectivity index (χ1n) is 9.43. The molecule has 1 aliphatic heterocycles. The van der Waals surface area contributed by atoms with Gasteiger partial charge in [-0.05, 0) is 47.6 Å². The lowest BCUT2D eigenvalue weighted by atomic mass is 9.87. The highest BCUT2D eigenvalue weighted by atomic mass is 16.5. The minimum absolute atomic E-state index is 0.0241. The van der Waals surface area contributed by atoms with Crippen LogP contribution in [0, 0.1) is 0 Å². The molecular weight excluding hydrogens is 338 g/mol. The summed E-state index contributed by atoms with van der Waals surface area (Å²) < 4.78 is 5.43. The number of carbonyl (C=O) groups excluding carboxylic acids is 2. The van der Waals surface area contributed by atoms with E-state index >= 15 is 0 Å². The van der Waals surface area contributed by atoms with Crippen LogP contribution < -0.4 is 0 Å². The maximum Gasteiger partial charge on any atom is 0.338 e. The van der Waals surface area contributed by atoms with Gasteiger partial charge in [-0.25, -0.2) is 4.79 Å². The minimum Gasteiger partial charge on any atom is -0.449 e. The summed E-state index contributed by atoms with van der Waals surface area (Å²) in [5.74, 6) is -0.613. The lowest BCUT2D eigenvalue weighted by molar-refractivity contribution is -0.140. The Hall–Kier alpha value is -2.62. The van der Waals surface area contributed by atoms with E-state index in [1.54, 1.807) is 24.0 Å². The van der Waals surface area contributed by atoms with Crippen molar-refractivity contribution in [2.24, 2.45) is 0 Å². The molecule has 1 aliphatic rings. The van der Waals surface area contributed by atoms with Gasteiger partial charge in [0.2, 0.25) is 0 Å². The van der Waals surface area contributed by atoms with Gasteiger partial charge in [-0.15, -0.1) is 0 Å². The third-order valence-electron chi connectivity index (χ3n) is 5.06. The summed E-state index contributed by atoms with van der Waals surface area (Å²) in [5.41, 5.74) is 4.08. The maximum atomic E-state index is 12.7. The Morgan fingerprint density at radius 2 is 1.63 bits per heavy atom. The number of ether oxygens (including phenoxy) is 1. The highest BCUT2D eigenvalue weighted by molar-refractivity contribution is 5.92. The van der Waals surface area contributed by atoms with Crippen molar-refractivity contribution in [1.82, 2.24) is 4.90 Å². The van der Waals surface area contributed by atoms with Gasteiger partial charge >= 0.3 is 5.97 Å². The third-order valence-corrected chi connectivity index (χ3v) is 5.06. The number of esters is 1. The Kier molecular flexibility index (Phi) is 5.36. The Morgan fingerprint density at radius 1 is 1.00 bits per heavy atom. The van der Waals surface area contributed by atoms with Gasteiger partial charge in [-0.2, -0.15) is 0 Å². The second-order valence-corrected chi connectivity index (χ2v) is 8.15. The summed E-state index contributed by atoms with van der Waals surface area (Å²) >= 11 is 0. The van der Waals surface area contributed by atoms with Gasteiger partial charge in [0, 0.05) is 13.1 Å². The van der Waals surface area contributed by atoms with Crippen molar-refractivity contribution < 1.29 is 14.3 Å². The molecule has 0 saturated heterocycles. The van der Waals surface area contributed by atoms with Gasteiger partial charge < -0.3 is 9.64 Å². The molecule has 0 saturated carbocycles. The molecule has 0 bridgehead atoms. The molecule has 0 unspecified atom stereocenters. The van der Waals surface area contributed by atoms with Crippen LogP contribution in [0.15, 0.2) is 48.5 Å². The zero-order valence-electron chi connectivity index (χ0n) is 16.5. The summed E-state index contributed by atoms with van der Waals surface area (Å²) in [6.07, 6.45) is 0.0293. The largest absolute Gasteiger partial charge is 0.449 e. The highest BCUT2D eigenvalue weighted by Crippen LogP contribution is 2.23. The van der Waals surface area contributed by atoms with Crippen LogP contribution in [0.5, 0.6) is 0 Å². The van der Waals surface area contributed by atoms with Crippen LogP contribution in [0.3, 0.4) is 0 Å². The Balaban J connectivity index is 1.62. The first-order chi connectivity index (χ1) is 12.8. The molecule has 1 amide bonds. The summed E-state index contributed by atoms with van der Waals surface area (Å²) in [6.45, 7) is 9.23. The summed E-state index contributed by atoms with van der Waals surface area (Å²) in [7, 11) is 0. The van der Waals surface area contributed by atoms with E-state index in [2.05, 4.69) is 26.8 Å². The molecule has 27 heavy (non-hydrogen) atoms. The normalized spacial score (nSPS) is 15.0. The van der Waals surface area contributed by atoms with E-state index in [1.165, 1.54) is 5.56 Å². The van der Waals surface area contributed by atoms with E-state index in [-0.39, 0.29) is 11.3 Å². The number of benzene rings is 2. The van der Waals surface area contributed by atoms with Gasteiger partial charge in [0.1, 0.15) is 0 Å². The summed E-state index contributed by atoms with van der Waals surface area (Å²) in [4.78, 5) is 26.9. The zero-order valence-corrected chi connectivity index (χ0v) is 16.5. The van der Waals surface area contributed by atoms with Crippen LogP contribution in [0.1, 0.15) is 54.7 Å². The predicted octanol–water partition coefficient (Wildman–Crippen LogP) is 4.11.